The van der Waals surface area contributed by atoms with E-state index in [0.717, 1.165) is 0 Å². The Bertz CT molecular complexity index is 404. The van der Waals surface area contributed by atoms with Gasteiger partial charge in [0.2, 0.25) is 0 Å². The van der Waals surface area contributed by atoms with Crippen LogP contribution in [0.5, 0.6) is 0 Å². The quantitative estimate of drug-likeness (QED) is 0.255. The van der Waals surface area contributed by atoms with Crippen molar-refractivity contribution in [1.29, 1.82) is 0 Å². The molecule has 0 spiro atoms. The molecule has 0 N–H and O–H groups in total. The molecular formula is C16H40P6W3Y5. The van der Waals surface area contributed by atoms with Gasteiger partial charge in [-0.05, 0) is 37.0 Å². The van der Waals surface area contributed by atoms with Crippen molar-refractivity contribution in [3.63, 3.8) is 0 Å². The minimum Gasteiger partial charge on any atom is -0.124 e. The minimum absolute atomic E-state index is 0. The molecule has 0 aliphatic heterocycles. The largest absolute Gasteiger partial charge is 0.124 e. The molecule has 0 aromatic heterocycles. The first-order chi connectivity index (χ1) is 10.3. The Morgan fingerprint density at radius 1 is 0.600 bits per heavy atom. The second kappa shape index (κ2) is 61.9. The van der Waals surface area contributed by atoms with Gasteiger partial charge in [-0.1, -0.05) is 33.4 Å². The first-order valence-electron chi connectivity index (χ1n) is 7.78. The molecule has 0 aliphatic rings. The fraction of sp³-hybridized carbons (Fsp3) is 0.625. The first-order valence-corrected chi connectivity index (χ1v) is 19.1. The number of rotatable bonds is 9. The molecule has 30 heavy (non-hydrogen) atoms. The maximum Gasteiger partial charge on any atom is 0.00595 e. The van der Waals surface area contributed by atoms with E-state index in [1.807, 2.05) is 0 Å². The van der Waals surface area contributed by atoms with Gasteiger partial charge < -0.3 is 0 Å². The van der Waals surface area contributed by atoms with Gasteiger partial charge in [-0.2, -0.15) is 0 Å². The molecule has 0 heterocycles. The number of hydrogen-bond donors (Lipinski definition) is 0. The van der Waals surface area contributed by atoms with E-state index in [1.165, 1.54) is 52.6 Å². The van der Waals surface area contributed by atoms with Crippen LogP contribution in [0.1, 0.15) is 20.8 Å². The Balaban J connectivity index is -0.0000000191. The van der Waals surface area contributed by atoms with Gasteiger partial charge >= 0.3 is 0 Å². The topological polar surface area (TPSA) is 0 Å². The summed E-state index contributed by atoms with van der Waals surface area (Å²) in [5, 5.41) is 0. The van der Waals surface area contributed by atoms with Gasteiger partial charge in [-0.25, -0.2) is 0 Å². The summed E-state index contributed by atoms with van der Waals surface area (Å²) in [6.45, 7) is 8.83. The van der Waals surface area contributed by atoms with Crippen LogP contribution >= 0.6 is 46.6 Å². The van der Waals surface area contributed by atoms with Crippen molar-refractivity contribution < 1.29 is 227 Å². The summed E-state index contributed by atoms with van der Waals surface area (Å²) in [6.07, 6.45) is 27.6. The van der Waals surface area contributed by atoms with E-state index in [2.05, 4.69) is 65.2 Å². The van der Waals surface area contributed by atoms with Gasteiger partial charge in [-0.15, -0.1) is 71.8 Å². The summed E-state index contributed by atoms with van der Waals surface area (Å²) in [7, 11) is 1.51. The fourth-order valence-corrected chi connectivity index (χ4v) is 12.3. The molecule has 5 radical (unpaired) electrons. The normalized spacial score (nSPS) is 11.5. The van der Waals surface area contributed by atoms with Gasteiger partial charge in [-0.3, -0.25) is 0 Å². The molecule has 0 fully saturated rings. The van der Waals surface area contributed by atoms with Gasteiger partial charge in [0.05, 0.1) is 0 Å². The van der Waals surface area contributed by atoms with Crippen molar-refractivity contribution >= 4 is 84.4 Å². The van der Waals surface area contributed by atoms with Crippen LogP contribution in [0.4, 0.5) is 0 Å². The fourth-order valence-electron chi connectivity index (χ4n) is 1.24. The third-order valence-electron chi connectivity index (χ3n) is 2.61. The van der Waals surface area contributed by atoms with Crippen molar-refractivity contribution in [2.75, 3.05) is 42.9 Å². The summed E-state index contributed by atoms with van der Waals surface area (Å²) < 4.78 is 0. The first kappa shape index (κ1) is 71.9. The van der Waals surface area contributed by atoms with E-state index >= 15 is 0 Å². The third-order valence-corrected chi connectivity index (χ3v) is 16.2. The van der Waals surface area contributed by atoms with Crippen LogP contribution in [0.2, 0.25) is 0 Å². The molecule has 0 saturated carbocycles. The van der Waals surface area contributed by atoms with E-state index in [4.69, 9.17) is 0 Å². The van der Waals surface area contributed by atoms with Gasteiger partial charge in [0.15, 0.2) is 0 Å². The monoisotopic (exact) mass is 1410 g/mol. The third kappa shape index (κ3) is 76.7. The van der Waals surface area contributed by atoms with Crippen molar-refractivity contribution in [3.05, 3.63) is 0 Å². The Morgan fingerprint density at radius 3 is 1.10 bits per heavy atom. The van der Waals surface area contributed by atoms with Gasteiger partial charge in [0.1, 0.15) is 0 Å². The minimum atomic E-state index is -0.285. The molecule has 0 aliphatic carbocycles. The molecule has 0 amide bonds. The average molecular weight is 1410 g/mol. The van der Waals surface area contributed by atoms with E-state index in [1.54, 1.807) is 0 Å². The SMILES string of the molecule is C=PCC.C=PC[PH](=C)CC.C=[PH](C)C[PH](=C)C[PH](=C)CC.[W].[W].[W].[Y].[Y].[Y].[Y].[Y]. The van der Waals surface area contributed by atoms with Crippen LogP contribution in [-0.2, 0) is 227 Å². The standard InChI is InChI=1S/C8H21P3.C5H12P2.C3H7P.3W.5Y/c1-6-10(4)8-11(5)7-9(2)3;1-4-7(3)5-6-2;1-3-4-2;;;;;;;;/h9-11H,2,4-8H2,1,3H3;7H,2-5H2,1H3;2-3H2,1H3;;;;;;;;. The van der Waals surface area contributed by atoms with Crippen LogP contribution in [0, 0.1) is 0 Å². The maximum absolute atomic E-state index is 4.24. The van der Waals surface area contributed by atoms with Crippen LogP contribution < -0.4 is 0 Å². The van der Waals surface area contributed by atoms with E-state index in [-0.39, 0.29) is 257 Å². The summed E-state index contributed by atoms with van der Waals surface area (Å²) in [4.78, 5) is 0. The predicted octanol–water partition coefficient (Wildman–Crippen LogP) is 5.84. The molecule has 0 nitrogen and oxygen atoms in total. The molecule has 0 aromatic carbocycles. The average Bonchev–Trinajstić information content (AvgIpc) is 2.47. The smallest absolute Gasteiger partial charge is 0.00595 e. The zero-order chi connectivity index (χ0) is 18.0. The van der Waals surface area contributed by atoms with Crippen molar-refractivity contribution in [3.8, 4) is 0 Å². The van der Waals surface area contributed by atoms with Crippen LogP contribution in [-0.4, -0.2) is 80.7 Å². The molecule has 0 rings (SSSR count). The molecule has 4 atom stereocenters. The maximum atomic E-state index is 4.24. The molecule has 14 heteroatoms. The van der Waals surface area contributed by atoms with Gasteiger partial charge in [0.25, 0.3) is 0 Å². The molecule has 0 saturated heterocycles. The Kier molecular flexibility index (Phi) is 148. The zero-order valence-corrected chi connectivity index (χ0v) is 48.3. The predicted molar refractivity (Wildman–Crippen MR) is 142 cm³/mol. The Labute approximate surface area is 366 Å². The Hall–Kier alpha value is 9.12. The van der Waals surface area contributed by atoms with Crippen molar-refractivity contribution in [1.82, 2.24) is 0 Å². The molecule has 0 bridgehead atoms. The Morgan fingerprint density at radius 2 is 0.933 bits per heavy atom. The van der Waals surface area contributed by atoms with E-state index < -0.39 is 0 Å². The van der Waals surface area contributed by atoms with Crippen molar-refractivity contribution in [2.45, 2.75) is 20.8 Å². The second-order valence-corrected chi connectivity index (χ2v) is 18.6. The van der Waals surface area contributed by atoms with Crippen molar-refractivity contribution in [2.24, 2.45) is 0 Å². The van der Waals surface area contributed by atoms with Crippen LogP contribution in [0.15, 0.2) is 0 Å². The molecule has 4 unspecified atom stereocenters. The molecule has 0 aromatic rings. The summed E-state index contributed by atoms with van der Waals surface area (Å²) in [5.41, 5.74) is 0. The zero-order valence-electron chi connectivity index (χ0n) is 19.5. The van der Waals surface area contributed by atoms with Crippen LogP contribution in [0.25, 0.3) is 0 Å². The summed E-state index contributed by atoms with van der Waals surface area (Å²) in [5.74, 6) is 3.99. The van der Waals surface area contributed by atoms with E-state index in [9.17, 15) is 0 Å². The van der Waals surface area contributed by atoms with E-state index in [0.29, 0.717) is 0 Å². The second-order valence-electron chi connectivity index (χ2n) is 5.19. The molecule has 167 valence electrons. The summed E-state index contributed by atoms with van der Waals surface area (Å²) in [6, 6.07) is 0. The summed E-state index contributed by atoms with van der Waals surface area (Å²) >= 11 is 0. The van der Waals surface area contributed by atoms with Gasteiger partial charge in [0, 0.05) is 233 Å². The number of hydrogen-bond acceptors (Lipinski definition) is 0. The molecular weight excluding hydrogens is 1370 g/mol. The van der Waals surface area contributed by atoms with Crippen LogP contribution in [0.3, 0.4) is 0 Å².